The normalized spacial score (nSPS) is 20.5. The molecule has 0 atom stereocenters. The van der Waals surface area contributed by atoms with Crippen LogP contribution in [-0.2, 0) is 14.4 Å². The molecule has 0 aromatic heterocycles. The molecule has 0 aromatic carbocycles. The highest BCUT2D eigenvalue weighted by molar-refractivity contribution is 6.35. The van der Waals surface area contributed by atoms with Crippen molar-refractivity contribution in [1.29, 1.82) is 0 Å². The van der Waals surface area contributed by atoms with E-state index >= 15 is 0 Å². The minimum atomic E-state index is -2.15. The van der Waals surface area contributed by atoms with Gasteiger partial charge < -0.3 is 10.0 Å². The minimum Gasteiger partial charge on any atom is -0.399 e. The van der Waals surface area contributed by atoms with Crippen LogP contribution in [-0.4, -0.2) is 65.3 Å². The number of rotatable bonds is 3. The molecule has 0 spiro atoms. The number of carbonyl (C=O) groups is 3. The first-order valence-electron chi connectivity index (χ1n) is 4.94. The Morgan fingerprint density at radius 2 is 1.72 bits per heavy atom. The summed E-state index contributed by atoms with van der Waals surface area (Å²) in [4.78, 5) is 41.6. The van der Waals surface area contributed by atoms with Crippen LogP contribution in [0.15, 0.2) is 5.16 Å². The quantitative estimate of drug-likeness (QED) is 0.373. The van der Waals surface area contributed by atoms with E-state index in [1.165, 1.54) is 28.1 Å². The van der Waals surface area contributed by atoms with Gasteiger partial charge in [0.2, 0.25) is 5.54 Å². The Kier molecular flexibility index (Phi) is 3.67. The average molecular weight is 258 g/mol. The number of nitrogens with zero attached hydrogens (tertiary/aromatic N) is 3. The maximum absolute atomic E-state index is 12.1. The molecular weight excluding hydrogens is 244 g/mol. The predicted octanol–water partition coefficient (Wildman–Crippen LogP) is -1.22. The summed E-state index contributed by atoms with van der Waals surface area (Å²) in [5.41, 5.74) is -0.625. The highest BCUT2D eigenvalue weighted by Gasteiger charge is 2.58. The third-order valence-corrected chi connectivity index (χ3v) is 2.76. The van der Waals surface area contributed by atoms with Crippen molar-refractivity contribution in [2.45, 2.75) is 12.5 Å². The van der Waals surface area contributed by atoms with Crippen molar-refractivity contribution in [3.63, 3.8) is 0 Å². The van der Waals surface area contributed by atoms with Gasteiger partial charge in [0.1, 0.15) is 7.11 Å². The molecule has 1 aliphatic rings. The smallest absolute Gasteiger partial charge is 0.333 e. The summed E-state index contributed by atoms with van der Waals surface area (Å²) in [6, 6.07) is -0.791. The monoisotopic (exact) mass is 258 g/mol. The summed E-state index contributed by atoms with van der Waals surface area (Å²) in [5.74, 6) is -1.87. The number of urea groups is 1. The topological polar surface area (TPSA) is 112 Å². The van der Waals surface area contributed by atoms with Crippen molar-refractivity contribution in [2.75, 3.05) is 21.2 Å². The van der Waals surface area contributed by atoms with E-state index in [1.807, 2.05) is 0 Å². The van der Waals surface area contributed by atoms with E-state index in [2.05, 4.69) is 9.99 Å². The minimum absolute atomic E-state index is 0.117. The largest absolute Gasteiger partial charge is 0.399 e. The SMILES string of the molecule is CO/N=C(\C)C1(NO)C(=O)N(C)C(=O)N(C)C1=O. The maximum atomic E-state index is 12.1. The second kappa shape index (κ2) is 4.70. The molecule has 0 unspecified atom stereocenters. The lowest BCUT2D eigenvalue weighted by atomic mass is 9.90. The van der Waals surface area contributed by atoms with Crippen molar-refractivity contribution < 1.29 is 24.4 Å². The molecule has 1 fully saturated rings. The molecule has 0 aromatic rings. The maximum Gasteiger partial charge on any atom is 0.333 e. The number of hydrogen-bond donors (Lipinski definition) is 2. The highest BCUT2D eigenvalue weighted by atomic mass is 16.6. The van der Waals surface area contributed by atoms with Crippen molar-refractivity contribution in [3.05, 3.63) is 0 Å². The number of oxime groups is 1. The molecule has 0 saturated carbocycles. The Morgan fingerprint density at radius 1 is 1.28 bits per heavy atom. The predicted molar refractivity (Wildman–Crippen MR) is 58.7 cm³/mol. The third kappa shape index (κ3) is 1.64. The summed E-state index contributed by atoms with van der Waals surface area (Å²) in [6.07, 6.45) is 0. The second-order valence-corrected chi connectivity index (χ2v) is 3.73. The number of carbonyl (C=O) groups excluding carboxylic acids is 3. The van der Waals surface area contributed by atoms with Gasteiger partial charge in [0.15, 0.2) is 0 Å². The van der Waals surface area contributed by atoms with E-state index in [-0.39, 0.29) is 5.71 Å². The van der Waals surface area contributed by atoms with Crippen LogP contribution in [0.4, 0.5) is 4.79 Å². The molecule has 100 valence electrons. The Balaban J connectivity index is 3.41. The highest BCUT2D eigenvalue weighted by Crippen LogP contribution is 2.21. The molecule has 1 aliphatic heterocycles. The van der Waals surface area contributed by atoms with Crippen LogP contribution in [0.5, 0.6) is 0 Å². The van der Waals surface area contributed by atoms with Gasteiger partial charge in [-0.25, -0.2) is 4.79 Å². The molecule has 1 rings (SSSR count). The molecule has 0 radical (unpaired) electrons. The van der Waals surface area contributed by atoms with Crippen LogP contribution in [0, 0.1) is 0 Å². The van der Waals surface area contributed by atoms with Crippen LogP contribution in [0.1, 0.15) is 6.92 Å². The van der Waals surface area contributed by atoms with Gasteiger partial charge >= 0.3 is 6.03 Å². The summed E-state index contributed by atoms with van der Waals surface area (Å²) < 4.78 is 0. The molecule has 18 heavy (non-hydrogen) atoms. The molecule has 0 aliphatic carbocycles. The molecular formula is C9H14N4O5. The van der Waals surface area contributed by atoms with Gasteiger partial charge in [0.05, 0.1) is 5.71 Å². The summed E-state index contributed by atoms with van der Waals surface area (Å²) >= 11 is 0. The average Bonchev–Trinajstić information content (AvgIpc) is 2.36. The van der Waals surface area contributed by atoms with Gasteiger partial charge in [-0.1, -0.05) is 5.16 Å². The van der Waals surface area contributed by atoms with Gasteiger partial charge in [-0.3, -0.25) is 19.4 Å². The molecule has 2 N–H and O–H groups in total. The van der Waals surface area contributed by atoms with E-state index in [0.717, 1.165) is 0 Å². The standard InChI is InChI=1S/C9H14N4O5/c1-5(10-18-4)9(11-17)6(14)12(2)8(16)13(3)7(9)15/h11,17H,1-4H3/b10-5+. The molecule has 0 bridgehead atoms. The van der Waals surface area contributed by atoms with Gasteiger partial charge in [0.25, 0.3) is 11.8 Å². The Bertz CT molecular complexity index is 409. The lowest BCUT2D eigenvalue weighted by Crippen LogP contribution is -2.75. The van der Waals surface area contributed by atoms with Crippen LogP contribution in [0.25, 0.3) is 0 Å². The summed E-state index contributed by atoms with van der Waals surface area (Å²) in [7, 11) is 3.62. The Hall–Kier alpha value is -2.00. The van der Waals surface area contributed by atoms with E-state index < -0.39 is 23.4 Å². The van der Waals surface area contributed by atoms with Crippen LogP contribution >= 0.6 is 0 Å². The van der Waals surface area contributed by atoms with E-state index in [1.54, 1.807) is 5.48 Å². The number of imide groups is 2. The van der Waals surface area contributed by atoms with Crippen molar-refractivity contribution in [1.82, 2.24) is 15.3 Å². The van der Waals surface area contributed by atoms with Gasteiger partial charge in [-0.2, -0.15) is 5.48 Å². The summed E-state index contributed by atoms with van der Waals surface area (Å²) in [6.45, 7) is 1.32. The zero-order chi connectivity index (χ0) is 14.1. The first-order valence-corrected chi connectivity index (χ1v) is 4.94. The molecule has 1 heterocycles. The number of hydrogen-bond acceptors (Lipinski definition) is 7. The first-order chi connectivity index (χ1) is 8.34. The Labute approximate surface area is 103 Å². The van der Waals surface area contributed by atoms with Crippen LogP contribution in [0.2, 0.25) is 0 Å². The zero-order valence-corrected chi connectivity index (χ0v) is 10.4. The number of hydroxylamine groups is 1. The van der Waals surface area contributed by atoms with Crippen molar-refractivity contribution >= 4 is 23.6 Å². The van der Waals surface area contributed by atoms with Crippen molar-refractivity contribution in [2.24, 2.45) is 5.16 Å². The summed E-state index contributed by atoms with van der Waals surface area (Å²) in [5, 5.41) is 12.7. The van der Waals surface area contributed by atoms with E-state index in [9.17, 15) is 19.6 Å². The fourth-order valence-corrected chi connectivity index (χ4v) is 1.68. The Morgan fingerprint density at radius 3 is 2.06 bits per heavy atom. The fraction of sp³-hybridized carbons (Fsp3) is 0.556. The van der Waals surface area contributed by atoms with E-state index in [0.29, 0.717) is 9.80 Å². The van der Waals surface area contributed by atoms with Gasteiger partial charge in [-0.05, 0) is 6.92 Å². The van der Waals surface area contributed by atoms with Crippen LogP contribution < -0.4 is 5.48 Å². The first kappa shape index (κ1) is 14.1. The number of amides is 4. The number of likely N-dealkylation sites (N-methyl/N-ethyl adjacent to an activating group) is 2. The van der Waals surface area contributed by atoms with Crippen LogP contribution in [0.3, 0.4) is 0 Å². The lowest BCUT2D eigenvalue weighted by Gasteiger charge is -2.39. The molecule has 9 heteroatoms. The number of nitrogens with one attached hydrogen (secondary N) is 1. The fourth-order valence-electron chi connectivity index (χ4n) is 1.68. The second-order valence-electron chi connectivity index (χ2n) is 3.73. The zero-order valence-electron chi connectivity index (χ0n) is 10.4. The van der Waals surface area contributed by atoms with Gasteiger partial charge in [0, 0.05) is 14.1 Å². The third-order valence-electron chi connectivity index (χ3n) is 2.76. The number of barbiturate groups is 1. The van der Waals surface area contributed by atoms with Gasteiger partial charge in [-0.15, -0.1) is 0 Å². The van der Waals surface area contributed by atoms with E-state index in [4.69, 9.17) is 0 Å². The molecule has 4 amide bonds. The molecule has 1 saturated heterocycles. The molecule has 9 nitrogen and oxygen atoms in total. The van der Waals surface area contributed by atoms with Crippen molar-refractivity contribution in [3.8, 4) is 0 Å². The lowest BCUT2D eigenvalue weighted by molar-refractivity contribution is -0.152.